The Balaban J connectivity index is 1.93. The molecule has 1 aliphatic heterocycles. The van der Waals surface area contributed by atoms with Crippen LogP contribution in [0.25, 0.3) is 0 Å². The average molecular weight is 212 g/mol. The van der Waals surface area contributed by atoms with Crippen LogP contribution in [0.4, 0.5) is 0 Å². The van der Waals surface area contributed by atoms with Crippen LogP contribution >= 0.6 is 0 Å². The summed E-state index contributed by atoms with van der Waals surface area (Å²) >= 11 is 0. The van der Waals surface area contributed by atoms with Gasteiger partial charge in [0.1, 0.15) is 24.7 Å². The van der Waals surface area contributed by atoms with E-state index in [0.717, 1.165) is 45.0 Å². The van der Waals surface area contributed by atoms with E-state index in [-0.39, 0.29) is 5.92 Å². The third-order valence-electron chi connectivity index (χ3n) is 3.33. The minimum Gasteiger partial charge on any atom is -0.370 e. The molecule has 0 aromatic carbocycles. The van der Waals surface area contributed by atoms with Gasteiger partial charge in [-0.25, -0.2) is 0 Å². The highest BCUT2D eigenvalue weighted by atomic mass is 16.5. The summed E-state index contributed by atoms with van der Waals surface area (Å²) in [5.74, 6) is 0.452. The highest BCUT2D eigenvalue weighted by molar-refractivity contribution is 5.84. The van der Waals surface area contributed by atoms with E-state index in [2.05, 4.69) is 11.8 Å². The Morgan fingerprint density at radius 1 is 1.47 bits per heavy atom. The zero-order valence-electron chi connectivity index (χ0n) is 9.13. The van der Waals surface area contributed by atoms with E-state index in [4.69, 9.17) is 4.74 Å². The number of rotatable bonds is 2. The molecule has 4 N–H and O–H groups in total. The number of Topliss-reactive ketones (excluding diaryl/α,β-unsaturated/α-hetero) is 1. The average Bonchev–Trinajstić information content (AvgIpc) is 2.25. The molecule has 1 atom stereocenters. The quantitative estimate of drug-likeness (QED) is 0.556. The number of nitrogens with one attached hydrogen (secondary N) is 1. The van der Waals surface area contributed by atoms with E-state index >= 15 is 0 Å². The molecule has 0 bridgehead atoms. The summed E-state index contributed by atoms with van der Waals surface area (Å²) < 4.78 is 5.31. The lowest BCUT2D eigenvalue weighted by Crippen LogP contribution is -3.15. The molecule has 1 heterocycles. The molecule has 4 nitrogen and oxygen atoms in total. The maximum atomic E-state index is 11.8. The van der Waals surface area contributed by atoms with Crippen molar-refractivity contribution in [1.82, 2.24) is 0 Å². The van der Waals surface area contributed by atoms with Crippen molar-refractivity contribution in [1.29, 1.82) is 0 Å². The van der Waals surface area contributed by atoms with Crippen molar-refractivity contribution in [2.45, 2.75) is 12.8 Å². The Bertz CT molecular complexity index is 270. The van der Waals surface area contributed by atoms with Crippen LogP contribution in [-0.2, 0) is 9.53 Å². The molecule has 0 spiro atoms. The van der Waals surface area contributed by atoms with Gasteiger partial charge in [0.25, 0.3) is 0 Å². The third kappa shape index (κ3) is 2.65. The lowest BCUT2D eigenvalue weighted by molar-refractivity contribution is -0.910. The van der Waals surface area contributed by atoms with Crippen molar-refractivity contribution in [3.05, 3.63) is 11.8 Å². The second-order valence-electron chi connectivity index (χ2n) is 4.40. The lowest BCUT2D eigenvalue weighted by atomic mass is 9.90. The fraction of sp³-hybridized carbons (Fsp3) is 0.727. The molecule has 2 aliphatic rings. The largest absolute Gasteiger partial charge is 0.370 e. The van der Waals surface area contributed by atoms with Crippen molar-refractivity contribution in [3.8, 4) is 0 Å². The summed E-state index contributed by atoms with van der Waals surface area (Å²) in [6.45, 7) is 4.62. The molecule has 0 unspecified atom stereocenters. The van der Waals surface area contributed by atoms with Gasteiger partial charge < -0.3 is 15.4 Å². The van der Waals surface area contributed by atoms with Crippen LogP contribution in [0.1, 0.15) is 12.8 Å². The number of quaternary nitrogens is 2. The van der Waals surface area contributed by atoms with E-state index in [1.807, 2.05) is 0 Å². The molecular weight excluding hydrogens is 192 g/mol. The Labute approximate surface area is 90.1 Å². The van der Waals surface area contributed by atoms with E-state index in [9.17, 15) is 4.79 Å². The normalized spacial score (nSPS) is 29.0. The van der Waals surface area contributed by atoms with Gasteiger partial charge in [-0.2, -0.15) is 0 Å². The molecule has 1 fully saturated rings. The van der Waals surface area contributed by atoms with E-state index in [1.54, 1.807) is 0 Å². The number of carbonyl (C=O) groups excluding carboxylic acids is 1. The first-order chi connectivity index (χ1) is 7.27. The molecule has 0 radical (unpaired) electrons. The maximum absolute atomic E-state index is 11.8. The van der Waals surface area contributed by atoms with Gasteiger partial charge in [-0.1, -0.05) is 0 Å². The molecular formula is C11H20N2O2+2. The SMILES string of the molecule is [NH3+]C1=CCCC(=O)[C@@H]1C[NH+]1CCOCC1. The van der Waals surface area contributed by atoms with Gasteiger partial charge >= 0.3 is 0 Å². The van der Waals surface area contributed by atoms with Crippen LogP contribution in [0.3, 0.4) is 0 Å². The van der Waals surface area contributed by atoms with Gasteiger partial charge in [0, 0.05) is 6.42 Å². The molecule has 0 aromatic heterocycles. The number of hydrogen-bond donors (Lipinski definition) is 2. The predicted octanol–water partition coefficient (Wildman–Crippen LogP) is -1.99. The molecule has 0 saturated carbocycles. The first-order valence-electron chi connectivity index (χ1n) is 5.73. The van der Waals surface area contributed by atoms with Crippen molar-refractivity contribution in [2.75, 3.05) is 32.8 Å². The Kier molecular flexibility index (Phi) is 3.51. The van der Waals surface area contributed by atoms with Crippen LogP contribution in [0.5, 0.6) is 0 Å². The fourth-order valence-corrected chi connectivity index (χ4v) is 2.32. The standard InChI is InChI=1S/C11H18N2O2/c12-10-2-1-3-11(14)9(10)8-13-4-6-15-7-5-13/h2,9H,1,3-8,12H2/p+2/t9-/m1/s1. The number of morpholine rings is 1. The lowest BCUT2D eigenvalue weighted by Gasteiger charge is -2.27. The minimum absolute atomic E-state index is 0.0758. The summed E-state index contributed by atoms with van der Waals surface area (Å²) in [6.07, 6.45) is 3.70. The molecule has 0 aromatic rings. The molecule has 4 heteroatoms. The predicted molar refractivity (Wildman–Crippen MR) is 55.1 cm³/mol. The summed E-state index contributed by atoms with van der Waals surface area (Å²) in [7, 11) is 0. The summed E-state index contributed by atoms with van der Waals surface area (Å²) in [5.41, 5.74) is 5.02. The van der Waals surface area contributed by atoms with Crippen LogP contribution in [0.15, 0.2) is 11.8 Å². The Hall–Kier alpha value is -0.710. The van der Waals surface area contributed by atoms with Crippen LogP contribution in [0.2, 0.25) is 0 Å². The topological polar surface area (TPSA) is 58.4 Å². The summed E-state index contributed by atoms with van der Waals surface area (Å²) in [5, 5.41) is 0. The molecule has 15 heavy (non-hydrogen) atoms. The number of ether oxygens (including phenoxy) is 1. The zero-order chi connectivity index (χ0) is 10.7. The summed E-state index contributed by atoms with van der Waals surface area (Å²) in [4.78, 5) is 13.2. The van der Waals surface area contributed by atoms with E-state index in [0.29, 0.717) is 12.2 Å². The molecule has 1 aliphatic carbocycles. The van der Waals surface area contributed by atoms with Gasteiger partial charge in [0.15, 0.2) is 5.78 Å². The Morgan fingerprint density at radius 2 is 2.20 bits per heavy atom. The molecule has 1 saturated heterocycles. The van der Waals surface area contributed by atoms with Crippen molar-refractivity contribution in [3.63, 3.8) is 0 Å². The fourth-order valence-electron chi connectivity index (χ4n) is 2.32. The first-order valence-corrected chi connectivity index (χ1v) is 5.73. The van der Waals surface area contributed by atoms with E-state index < -0.39 is 0 Å². The minimum atomic E-state index is 0.0758. The summed E-state index contributed by atoms with van der Waals surface area (Å²) in [6, 6.07) is 0. The van der Waals surface area contributed by atoms with Gasteiger partial charge in [-0.3, -0.25) is 4.79 Å². The van der Waals surface area contributed by atoms with Gasteiger partial charge in [0.05, 0.1) is 19.8 Å². The van der Waals surface area contributed by atoms with Crippen LogP contribution in [0, 0.1) is 5.92 Å². The highest BCUT2D eigenvalue weighted by Crippen LogP contribution is 2.15. The van der Waals surface area contributed by atoms with Crippen molar-refractivity contribution >= 4 is 5.78 Å². The smallest absolute Gasteiger partial charge is 0.151 e. The number of ketones is 1. The monoisotopic (exact) mass is 212 g/mol. The van der Waals surface area contributed by atoms with Crippen LogP contribution < -0.4 is 10.6 Å². The van der Waals surface area contributed by atoms with Crippen molar-refractivity contribution < 1.29 is 20.2 Å². The molecule has 2 rings (SSSR count). The second-order valence-corrected chi connectivity index (χ2v) is 4.40. The number of allylic oxidation sites excluding steroid dienone is 1. The second kappa shape index (κ2) is 4.88. The molecule has 0 amide bonds. The van der Waals surface area contributed by atoms with Crippen LogP contribution in [-0.4, -0.2) is 38.6 Å². The maximum Gasteiger partial charge on any atom is 0.151 e. The first kappa shape index (κ1) is 10.8. The van der Waals surface area contributed by atoms with Gasteiger partial charge in [-0.15, -0.1) is 0 Å². The number of carbonyl (C=O) groups is 1. The van der Waals surface area contributed by atoms with Crippen molar-refractivity contribution in [2.24, 2.45) is 5.92 Å². The zero-order valence-corrected chi connectivity index (χ0v) is 9.13. The highest BCUT2D eigenvalue weighted by Gasteiger charge is 2.31. The van der Waals surface area contributed by atoms with E-state index in [1.165, 1.54) is 4.90 Å². The van der Waals surface area contributed by atoms with Gasteiger partial charge in [0.2, 0.25) is 0 Å². The molecule has 84 valence electrons. The Morgan fingerprint density at radius 3 is 2.87 bits per heavy atom. The van der Waals surface area contributed by atoms with Gasteiger partial charge in [-0.05, 0) is 12.5 Å². The number of hydrogen-bond acceptors (Lipinski definition) is 2. The third-order valence-corrected chi connectivity index (χ3v) is 3.33.